The zero-order valence-electron chi connectivity index (χ0n) is 17.0. The molecule has 154 valence electrons. The third kappa shape index (κ3) is 4.93. The number of thioether (sulfide) groups is 1. The summed E-state index contributed by atoms with van der Waals surface area (Å²) >= 11 is 1.44. The number of amides is 1. The van der Waals surface area contributed by atoms with Crippen molar-refractivity contribution in [2.75, 3.05) is 33.1 Å². The minimum atomic E-state index is -0.563. The van der Waals surface area contributed by atoms with Crippen LogP contribution >= 0.6 is 11.8 Å². The van der Waals surface area contributed by atoms with Crippen molar-refractivity contribution in [3.8, 4) is 11.8 Å². The van der Waals surface area contributed by atoms with Gasteiger partial charge in [0, 0.05) is 25.0 Å². The molecule has 1 aliphatic rings. The molecule has 1 amide bonds. The molecule has 0 aliphatic carbocycles. The number of hydrogen-bond donors (Lipinski definition) is 1. The van der Waals surface area contributed by atoms with Gasteiger partial charge in [-0.2, -0.15) is 5.26 Å². The van der Waals surface area contributed by atoms with Crippen molar-refractivity contribution in [2.24, 2.45) is 0 Å². The van der Waals surface area contributed by atoms with E-state index in [1.54, 1.807) is 14.0 Å². The molecule has 0 spiro atoms. The number of methoxy groups -OCH3 is 1. The van der Waals surface area contributed by atoms with E-state index in [9.17, 15) is 14.9 Å². The third-order valence-corrected chi connectivity index (χ3v) is 5.79. The summed E-state index contributed by atoms with van der Waals surface area (Å²) in [7, 11) is 3.40. The van der Waals surface area contributed by atoms with Crippen molar-refractivity contribution in [2.45, 2.75) is 19.8 Å². The van der Waals surface area contributed by atoms with Crippen LogP contribution in [0, 0.1) is 11.3 Å². The monoisotopic (exact) mass is 415 g/mol. The highest BCUT2D eigenvalue weighted by Crippen LogP contribution is 2.45. The molecule has 7 nitrogen and oxygen atoms in total. The standard InChI is InChI=1S/C21H25N3O4S/c1-5-28-21(26)19-18(15-7-6-8-16(11-15)27-4)17(12-22)14(2)24(3)20(19)29-10-9-23-13-25/h6-8,11,13,18H,5,9-10H2,1-4H3,(H,23,25). The maximum atomic E-state index is 13.0. The zero-order chi connectivity index (χ0) is 21.4. The summed E-state index contributed by atoms with van der Waals surface area (Å²) in [4.78, 5) is 25.4. The second-order valence-electron chi connectivity index (χ2n) is 6.24. The summed E-state index contributed by atoms with van der Waals surface area (Å²) in [5.41, 5.74) is 2.44. The summed E-state index contributed by atoms with van der Waals surface area (Å²) < 4.78 is 10.7. The van der Waals surface area contributed by atoms with Gasteiger partial charge in [-0.25, -0.2) is 4.79 Å². The number of carbonyl (C=O) groups excluding carboxylic acids is 2. The molecule has 0 fully saturated rings. The van der Waals surface area contributed by atoms with Gasteiger partial charge < -0.3 is 19.7 Å². The van der Waals surface area contributed by atoms with Gasteiger partial charge in [0.1, 0.15) is 5.75 Å². The molecule has 0 aromatic heterocycles. The SMILES string of the molecule is CCOC(=O)C1=C(SCCNC=O)N(C)C(C)=C(C#N)C1c1cccc(OC)c1. The minimum Gasteiger partial charge on any atom is -0.497 e. The van der Waals surface area contributed by atoms with Crippen LogP contribution in [0.4, 0.5) is 0 Å². The molecular weight excluding hydrogens is 390 g/mol. The molecule has 29 heavy (non-hydrogen) atoms. The van der Waals surface area contributed by atoms with Crippen molar-refractivity contribution < 1.29 is 19.1 Å². The van der Waals surface area contributed by atoms with E-state index in [0.29, 0.717) is 40.6 Å². The van der Waals surface area contributed by atoms with E-state index in [1.165, 1.54) is 11.8 Å². The quantitative estimate of drug-likeness (QED) is 0.377. The molecule has 8 heteroatoms. The van der Waals surface area contributed by atoms with Crippen LogP contribution in [0.2, 0.25) is 0 Å². The number of hydrogen-bond acceptors (Lipinski definition) is 7. The number of nitrogens with one attached hydrogen (secondary N) is 1. The van der Waals surface area contributed by atoms with Crippen LogP contribution in [0.15, 0.2) is 46.1 Å². The lowest BCUT2D eigenvalue weighted by Crippen LogP contribution is -2.30. The van der Waals surface area contributed by atoms with E-state index in [0.717, 1.165) is 11.3 Å². The smallest absolute Gasteiger partial charge is 0.337 e. The molecule has 0 saturated carbocycles. The minimum absolute atomic E-state index is 0.228. The van der Waals surface area contributed by atoms with Crippen molar-refractivity contribution >= 4 is 24.1 Å². The number of nitrogens with zero attached hydrogens (tertiary/aromatic N) is 2. The number of carbonyl (C=O) groups is 2. The van der Waals surface area contributed by atoms with Crippen molar-refractivity contribution in [1.82, 2.24) is 10.2 Å². The zero-order valence-corrected chi connectivity index (χ0v) is 17.8. The fourth-order valence-electron chi connectivity index (χ4n) is 3.14. The van der Waals surface area contributed by atoms with E-state index in [-0.39, 0.29) is 6.61 Å². The topological polar surface area (TPSA) is 91.7 Å². The molecule has 1 aliphatic heterocycles. The predicted molar refractivity (Wildman–Crippen MR) is 112 cm³/mol. The number of benzene rings is 1. The molecule has 1 N–H and O–H groups in total. The highest BCUT2D eigenvalue weighted by molar-refractivity contribution is 8.03. The number of esters is 1. The maximum absolute atomic E-state index is 13.0. The van der Waals surface area contributed by atoms with Crippen molar-refractivity contribution in [3.05, 3.63) is 51.7 Å². The van der Waals surface area contributed by atoms with Gasteiger partial charge in [0.15, 0.2) is 0 Å². The van der Waals surface area contributed by atoms with Crippen LogP contribution in [-0.4, -0.2) is 50.3 Å². The molecule has 1 aromatic carbocycles. The molecule has 1 atom stereocenters. The van der Waals surface area contributed by atoms with E-state index < -0.39 is 11.9 Å². The molecule has 0 saturated heterocycles. The van der Waals surface area contributed by atoms with Crippen molar-refractivity contribution in [3.63, 3.8) is 0 Å². The number of nitriles is 1. The number of rotatable bonds is 9. The third-order valence-electron chi connectivity index (χ3n) is 4.62. The second-order valence-corrected chi connectivity index (χ2v) is 7.32. The van der Waals surface area contributed by atoms with E-state index in [1.807, 2.05) is 43.1 Å². The lowest BCUT2D eigenvalue weighted by atomic mass is 9.82. The molecule has 1 heterocycles. The van der Waals surface area contributed by atoms with E-state index in [4.69, 9.17) is 9.47 Å². The van der Waals surface area contributed by atoms with Gasteiger partial charge in [-0.15, -0.1) is 11.8 Å². The lowest BCUT2D eigenvalue weighted by Gasteiger charge is -2.35. The van der Waals surface area contributed by atoms with Gasteiger partial charge in [-0.3, -0.25) is 4.79 Å². The molecule has 1 aromatic rings. The fraction of sp³-hybridized carbons (Fsp3) is 0.381. The maximum Gasteiger partial charge on any atom is 0.337 e. The van der Waals surface area contributed by atoms with E-state index >= 15 is 0 Å². The van der Waals surface area contributed by atoms with Crippen LogP contribution < -0.4 is 10.1 Å². The first-order valence-electron chi connectivity index (χ1n) is 9.19. The van der Waals surface area contributed by atoms with Gasteiger partial charge in [0.05, 0.1) is 41.9 Å². The van der Waals surface area contributed by atoms with Gasteiger partial charge in [-0.05, 0) is 31.5 Å². The normalized spacial score (nSPS) is 16.4. The van der Waals surface area contributed by atoms with E-state index in [2.05, 4.69) is 11.4 Å². The average Bonchev–Trinajstić information content (AvgIpc) is 2.73. The first kappa shape index (κ1) is 22.4. The van der Waals surface area contributed by atoms with Crippen LogP contribution in [0.5, 0.6) is 5.75 Å². The van der Waals surface area contributed by atoms with Gasteiger partial charge in [0.25, 0.3) is 0 Å². The summed E-state index contributed by atoms with van der Waals surface area (Å²) in [5.74, 6) is 0.190. The largest absolute Gasteiger partial charge is 0.497 e. The van der Waals surface area contributed by atoms with Crippen LogP contribution in [0.3, 0.4) is 0 Å². The van der Waals surface area contributed by atoms with Gasteiger partial charge in [0.2, 0.25) is 6.41 Å². The fourth-order valence-corrected chi connectivity index (χ4v) is 4.24. The number of allylic oxidation sites excluding steroid dienone is 2. The Morgan fingerprint density at radius 3 is 2.83 bits per heavy atom. The molecule has 2 rings (SSSR count). The Balaban J connectivity index is 2.64. The Hall–Kier alpha value is -2.92. The Bertz CT molecular complexity index is 873. The first-order valence-corrected chi connectivity index (χ1v) is 10.2. The summed E-state index contributed by atoms with van der Waals surface area (Å²) in [6, 6.07) is 9.63. The number of ether oxygens (including phenoxy) is 2. The molecule has 1 unspecified atom stereocenters. The molecule has 0 bridgehead atoms. The Labute approximate surface area is 175 Å². The Morgan fingerprint density at radius 2 is 2.21 bits per heavy atom. The molecular formula is C21H25N3O4S. The van der Waals surface area contributed by atoms with Crippen LogP contribution in [0.25, 0.3) is 0 Å². The lowest BCUT2D eigenvalue weighted by molar-refractivity contribution is -0.138. The molecule has 0 radical (unpaired) electrons. The van der Waals surface area contributed by atoms with Crippen LogP contribution in [0.1, 0.15) is 25.3 Å². The Kier molecular flexibility index (Phi) is 8.16. The van der Waals surface area contributed by atoms with Gasteiger partial charge in [-0.1, -0.05) is 12.1 Å². The van der Waals surface area contributed by atoms with Crippen molar-refractivity contribution in [1.29, 1.82) is 5.26 Å². The second kappa shape index (κ2) is 10.6. The summed E-state index contributed by atoms with van der Waals surface area (Å²) in [6.45, 7) is 4.29. The highest BCUT2D eigenvalue weighted by Gasteiger charge is 2.38. The first-order chi connectivity index (χ1) is 14.0. The summed E-state index contributed by atoms with van der Waals surface area (Å²) in [5, 5.41) is 13.2. The Morgan fingerprint density at radius 1 is 1.45 bits per heavy atom. The summed E-state index contributed by atoms with van der Waals surface area (Å²) in [6.07, 6.45) is 0.643. The van der Waals surface area contributed by atoms with Gasteiger partial charge >= 0.3 is 5.97 Å². The van der Waals surface area contributed by atoms with Crippen LogP contribution in [-0.2, 0) is 14.3 Å². The highest BCUT2D eigenvalue weighted by atomic mass is 32.2. The predicted octanol–water partition coefficient (Wildman–Crippen LogP) is 2.78. The average molecular weight is 416 g/mol.